The molecule has 0 heterocycles. The number of nitrogen functional groups attached to an aromatic ring is 1. The number of hydrogen-bond acceptors (Lipinski definition) is 1. The Morgan fingerprint density at radius 1 is 0.812 bits per heavy atom. The summed E-state index contributed by atoms with van der Waals surface area (Å²) in [7, 11) is 0. The van der Waals surface area contributed by atoms with Gasteiger partial charge in [-0.25, -0.2) is 0 Å². The lowest BCUT2D eigenvalue weighted by molar-refractivity contribution is 1.51. The van der Waals surface area contributed by atoms with Crippen LogP contribution in [0.2, 0.25) is 0 Å². The zero-order valence-electron chi connectivity index (χ0n) is 9.20. The number of nitrogens with two attached hydrogens (primary N) is 1. The molecule has 0 aliphatic rings. The molecule has 0 fully saturated rings. The molecule has 0 bridgehead atoms. The van der Waals surface area contributed by atoms with Crippen LogP contribution in [-0.4, -0.2) is 0 Å². The maximum absolute atomic E-state index is 6.05. The zero-order valence-corrected chi connectivity index (χ0v) is 9.20. The molecule has 1 nitrogen and oxygen atoms in total. The topological polar surface area (TPSA) is 26.0 Å². The predicted molar refractivity (Wildman–Crippen MR) is 70.6 cm³/mol. The number of rotatable bonds is 0. The van der Waals surface area contributed by atoms with Gasteiger partial charge in [0.25, 0.3) is 0 Å². The SMILES string of the molecule is Cc1cc(N)c2cc3ccccc3cc2c1. The molecule has 78 valence electrons. The van der Waals surface area contributed by atoms with E-state index < -0.39 is 0 Å². The molecule has 0 aliphatic heterocycles. The minimum absolute atomic E-state index is 0.862. The average molecular weight is 207 g/mol. The Hall–Kier alpha value is -2.02. The van der Waals surface area contributed by atoms with Crippen LogP contribution in [-0.2, 0) is 0 Å². The molecular formula is C15H13N. The van der Waals surface area contributed by atoms with E-state index in [1.54, 1.807) is 0 Å². The van der Waals surface area contributed by atoms with Crippen molar-refractivity contribution >= 4 is 27.2 Å². The standard InChI is InChI=1S/C15H13N/c1-10-6-13-8-11-4-2-3-5-12(11)9-14(13)15(16)7-10/h2-9H,16H2,1H3. The zero-order chi connectivity index (χ0) is 11.1. The molecule has 0 aliphatic carbocycles. The summed E-state index contributed by atoms with van der Waals surface area (Å²) in [6.45, 7) is 2.07. The lowest BCUT2D eigenvalue weighted by atomic mass is 10.0. The van der Waals surface area contributed by atoms with E-state index in [1.807, 2.05) is 6.07 Å². The van der Waals surface area contributed by atoms with Crippen molar-refractivity contribution in [3.8, 4) is 0 Å². The van der Waals surface area contributed by atoms with Crippen LogP contribution in [0.5, 0.6) is 0 Å². The molecule has 16 heavy (non-hydrogen) atoms. The molecule has 3 rings (SSSR count). The second kappa shape index (κ2) is 3.24. The van der Waals surface area contributed by atoms with Crippen molar-refractivity contribution in [1.29, 1.82) is 0 Å². The molecule has 1 heteroatoms. The summed E-state index contributed by atoms with van der Waals surface area (Å²) in [6.07, 6.45) is 0. The molecule has 0 amide bonds. The fourth-order valence-electron chi connectivity index (χ4n) is 2.24. The summed E-state index contributed by atoms with van der Waals surface area (Å²) in [5, 5.41) is 4.87. The van der Waals surface area contributed by atoms with Gasteiger partial charge in [-0.1, -0.05) is 30.3 Å². The van der Waals surface area contributed by atoms with Crippen LogP contribution in [0.4, 0.5) is 5.69 Å². The summed E-state index contributed by atoms with van der Waals surface area (Å²) < 4.78 is 0. The maximum atomic E-state index is 6.05. The number of benzene rings is 3. The molecule has 0 saturated heterocycles. The second-order valence-electron chi connectivity index (χ2n) is 4.27. The van der Waals surface area contributed by atoms with Crippen molar-refractivity contribution in [1.82, 2.24) is 0 Å². The van der Waals surface area contributed by atoms with Crippen LogP contribution in [0.15, 0.2) is 48.5 Å². The summed E-state index contributed by atoms with van der Waals surface area (Å²) in [5.74, 6) is 0. The minimum atomic E-state index is 0.862. The summed E-state index contributed by atoms with van der Waals surface area (Å²) in [4.78, 5) is 0. The van der Waals surface area contributed by atoms with Gasteiger partial charge in [0.05, 0.1) is 0 Å². The van der Waals surface area contributed by atoms with E-state index in [-0.39, 0.29) is 0 Å². The van der Waals surface area contributed by atoms with Gasteiger partial charge in [-0.3, -0.25) is 0 Å². The van der Waals surface area contributed by atoms with E-state index in [0.717, 1.165) is 11.1 Å². The molecule has 0 radical (unpaired) electrons. The Kier molecular flexibility index (Phi) is 1.87. The first-order chi connectivity index (χ1) is 7.74. The Labute approximate surface area is 94.5 Å². The highest BCUT2D eigenvalue weighted by atomic mass is 14.5. The van der Waals surface area contributed by atoms with Crippen LogP contribution in [0.1, 0.15) is 5.56 Å². The van der Waals surface area contributed by atoms with Crippen LogP contribution in [0, 0.1) is 6.92 Å². The third-order valence-corrected chi connectivity index (χ3v) is 3.00. The van der Waals surface area contributed by atoms with Crippen LogP contribution < -0.4 is 5.73 Å². The minimum Gasteiger partial charge on any atom is -0.398 e. The average Bonchev–Trinajstić information content (AvgIpc) is 2.27. The third-order valence-electron chi connectivity index (χ3n) is 3.00. The van der Waals surface area contributed by atoms with E-state index in [1.165, 1.54) is 21.7 Å². The molecule has 0 aromatic heterocycles. The van der Waals surface area contributed by atoms with Crippen LogP contribution in [0.3, 0.4) is 0 Å². The number of anilines is 1. The van der Waals surface area contributed by atoms with Gasteiger partial charge in [0.2, 0.25) is 0 Å². The molecule has 0 saturated carbocycles. The lowest BCUT2D eigenvalue weighted by Crippen LogP contribution is -1.88. The van der Waals surface area contributed by atoms with E-state index in [2.05, 4.69) is 49.4 Å². The molecule has 0 unspecified atom stereocenters. The van der Waals surface area contributed by atoms with Crippen LogP contribution >= 0.6 is 0 Å². The highest BCUT2D eigenvalue weighted by Crippen LogP contribution is 2.27. The van der Waals surface area contributed by atoms with Crippen molar-refractivity contribution < 1.29 is 0 Å². The number of hydrogen-bond donors (Lipinski definition) is 1. The Morgan fingerprint density at radius 3 is 2.25 bits per heavy atom. The molecule has 0 atom stereocenters. The van der Waals surface area contributed by atoms with Gasteiger partial charge in [-0.15, -0.1) is 0 Å². The van der Waals surface area contributed by atoms with Crippen LogP contribution in [0.25, 0.3) is 21.5 Å². The van der Waals surface area contributed by atoms with Gasteiger partial charge in [-0.05, 0) is 46.8 Å². The monoisotopic (exact) mass is 207 g/mol. The number of fused-ring (bicyclic) bond motifs is 2. The number of aryl methyl sites for hydroxylation is 1. The largest absolute Gasteiger partial charge is 0.398 e. The van der Waals surface area contributed by atoms with Gasteiger partial charge in [0, 0.05) is 11.1 Å². The van der Waals surface area contributed by atoms with Crippen molar-refractivity contribution in [3.63, 3.8) is 0 Å². The summed E-state index contributed by atoms with van der Waals surface area (Å²) in [6, 6.07) is 16.9. The van der Waals surface area contributed by atoms with E-state index in [9.17, 15) is 0 Å². The molecule has 3 aromatic carbocycles. The smallest absolute Gasteiger partial charge is 0.0396 e. The fourth-order valence-corrected chi connectivity index (χ4v) is 2.24. The lowest BCUT2D eigenvalue weighted by Gasteiger charge is -2.06. The van der Waals surface area contributed by atoms with Gasteiger partial charge < -0.3 is 5.73 Å². The quantitative estimate of drug-likeness (QED) is 0.439. The van der Waals surface area contributed by atoms with E-state index in [0.29, 0.717) is 0 Å². The van der Waals surface area contributed by atoms with E-state index >= 15 is 0 Å². The molecular weight excluding hydrogens is 194 g/mol. The summed E-state index contributed by atoms with van der Waals surface area (Å²) in [5.41, 5.74) is 8.12. The molecule has 3 aromatic rings. The van der Waals surface area contributed by atoms with Gasteiger partial charge in [0.15, 0.2) is 0 Å². The highest BCUT2D eigenvalue weighted by Gasteiger charge is 2.01. The first kappa shape index (κ1) is 9.22. The van der Waals surface area contributed by atoms with Gasteiger partial charge in [-0.2, -0.15) is 0 Å². The van der Waals surface area contributed by atoms with Gasteiger partial charge in [0.1, 0.15) is 0 Å². The van der Waals surface area contributed by atoms with Gasteiger partial charge >= 0.3 is 0 Å². The van der Waals surface area contributed by atoms with Crippen molar-refractivity contribution in [2.75, 3.05) is 5.73 Å². The normalized spacial score (nSPS) is 11.1. The molecule has 0 spiro atoms. The Bertz CT molecular complexity index is 683. The highest BCUT2D eigenvalue weighted by molar-refractivity contribution is 6.03. The maximum Gasteiger partial charge on any atom is 0.0396 e. The molecule has 2 N–H and O–H groups in total. The van der Waals surface area contributed by atoms with Crippen molar-refractivity contribution in [2.24, 2.45) is 0 Å². The second-order valence-corrected chi connectivity index (χ2v) is 4.27. The summed E-state index contributed by atoms with van der Waals surface area (Å²) >= 11 is 0. The van der Waals surface area contributed by atoms with Crippen molar-refractivity contribution in [2.45, 2.75) is 6.92 Å². The Balaban J connectivity index is 2.51. The van der Waals surface area contributed by atoms with E-state index in [4.69, 9.17) is 5.73 Å². The predicted octanol–water partition coefficient (Wildman–Crippen LogP) is 3.88. The Morgan fingerprint density at radius 2 is 1.50 bits per heavy atom. The van der Waals surface area contributed by atoms with Crippen molar-refractivity contribution in [3.05, 3.63) is 54.1 Å². The fraction of sp³-hybridized carbons (Fsp3) is 0.0667. The third kappa shape index (κ3) is 1.33. The first-order valence-electron chi connectivity index (χ1n) is 5.43. The first-order valence-corrected chi connectivity index (χ1v) is 5.43.